The van der Waals surface area contributed by atoms with Gasteiger partial charge in [0.2, 0.25) is 0 Å². The van der Waals surface area contributed by atoms with Crippen molar-refractivity contribution in [3.8, 4) is 0 Å². The van der Waals surface area contributed by atoms with Gasteiger partial charge in [0.05, 0.1) is 5.01 Å². The van der Waals surface area contributed by atoms with Crippen LogP contribution >= 0.6 is 11.3 Å². The number of aryl methyl sites for hydroxylation is 1. The van der Waals surface area contributed by atoms with Crippen LogP contribution in [0, 0.1) is 18.3 Å². The van der Waals surface area contributed by atoms with Gasteiger partial charge in [0, 0.05) is 23.7 Å². The van der Waals surface area contributed by atoms with E-state index < -0.39 is 0 Å². The van der Waals surface area contributed by atoms with Gasteiger partial charge in [-0.3, -0.25) is 0 Å². The van der Waals surface area contributed by atoms with Gasteiger partial charge in [-0.05, 0) is 37.5 Å². The molecule has 1 heterocycles. The summed E-state index contributed by atoms with van der Waals surface area (Å²) >= 11 is 1.80. The van der Waals surface area contributed by atoms with Gasteiger partial charge in [0.1, 0.15) is 0 Å². The number of hydrogen-bond acceptors (Lipinski definition) is 3. The van der Waals surface area contributed by atoms with Crippen LogP contribution in [0.3, 0.4) is 0 Å². The molecule has 2 nitrogen and oxygen atoms in total. The van der Waals surface area contributed by atoms with Crippen molar-refractivity contribution in [2.24, 2.45) is 11.3 Å². The van der Waals surface area contributed by atoms with E-state index in [4.69, 9.17) is 0 Å². The first-order chi connectivity index (χ1) is 7.94. The second kappa shape index (κ2) is 5.07. The summed E-state index contributed by atoms with van der Waals surface area (Å²) in [6.07, 6.45) is 5.99. The van der Waals surface area contributed by atoms with Crippen molar-refractivity contribution in [3.05, 3.63) is 16.1 Å². The number of nitrogens with one attached hydrogen (secondary N) is 1. The molecule has 2 rings (SSSR count). The predicted octanol–water partition coefficient (Wildman–Crippen LogP) is 3.76. The minimum atomic E-state index is 0.499. The molecule has 1 saturated carbocycles. The Bertz CT molecular complexity index is 370. The summed E-state index contributed by atoms with van der Waals surface area (Å²) in [5.74, 6) is 0.847. The Morgan fingerprint density at radius 3 is 2.82 bits per heavy atom. The van der Waals surface area contributed by atoms with Crippen LogP contribution in [-0.2, 0) is 6.54 Å². The maximum absolute atomic E-state index is 4.30. The lowest BCUT2D eigenvalue weighted by Gasteiger charge is -2.39. The molecule has 0 aliphatic heterocycles. The van der Waals surface area contributed by atoms with E-state index in [0.717, 1.165) is 12.5 Å². The Morgan fingerprint density at radius 2 is 2.24 bits per heavy atom. The molecule has 96 valence electrons. The average molecular weight is 252 g/mol. The second-order valence-electron chi connectivity index (χ2n) is 6.34. The van der Waals surface area contributed by atoms with E-state index in [0.29, 0.717) is 11.5 Å². The predicted molar refractivity (Wildman–Crippen MR) is 74.3 cm³/mol. The van der Waals surface area contributed by atoms with E-state index in [2.05, 4.69) is 38.0 Å². The standard InChI is InChI=1S/C14H24N2S/c1-10-5-12(7-14(3,4)6-10)16-9-13-8-15-11(2)17-13/h8,10,12,16H,5-7,9H2,1-4H3. The van der Waals surface area contributed by atoms with Crippen LogP contribution in [0.5, 0.6) is 0 Å². The zero-order valence-corrected chi connectivity index (χ0v) is 12.2. The fraction of sp³-hybridized carbons (Fsp3) is 0.786. The largest absolute Gasteiger partial charge is 0.309 e. The van der Waals surface area contributed by atoms with E-state index in [-0.39, 0.29) is 0 Å². The lowest BCUT2D eigenvalue weighted by molar-refractivity contribution is 0.151. The van der Waals surface area contributed by atoms with Crippen LogP contribution in [0.4, 0.5) is 0 Å². The summed E-state index contributed by atoms with van der Waals surface area (Å²) in [6.45, 7) is 10.2. The van der Waals surface area contributed by atoms with E-state index in [1.54, 1.807) is 11.3 Å². The second-order valence-corrected chi connectivity index (χ2v) is 7.66. The number of thiazole rings is 1. The first kappa shape index (κ1) is 13.0. The summed E-state index contributed by atoms with van der Waals surface area (Å²) in [4.78, 5) is 5.66. The molecule has 0 saturated heterocycles. The SMILES string of the molecule is Cc1ncc(CNC2CC(C)CC(C)(C)C2)s1. The quantitative estimate of drug-likeness (QED) is 0.886. The van der Waals surface area contributed by atoms with Gasteiger partial charge in [0.15, 0.2) is 0 Å². The van der Waals surface area contributed by atoms with E-state index in [9.17, 15) is 0 Å². The van der Waals surface area contributed by atoms with Crippen molar-refractivity contribution >= 4 is 11.3 Å². The minimum absolute atomic E-state index is 0.499. The molecule has 1 aliphatic rings. The average Bonchev–Trinajstić information content (AvgIpc) is 2.58. The summed E-state index contributed by atoms with van der Waals surface area (Å²) in [6, 6.07) is 0.677. The molecule has 3 heteroatoms. The van der Waals surface area contributed by atoms with Gasteiger partial charge in [-0.1, -0.05) is 20.8 Å². The van der Waals surface area contributed by atoms with Crippen molar-refractivity contribution in [1.82, 2.24) is 10.3 Å². The molecule has 1 aromatic rings. The van der Waals surface area contributed by atoms with Crippen LogP contribution in [0.1, 0.15) is 49.9 Å². The van der Waals surface area contributed by atoms with Crippen LogP contribution in [-0.4, -0.2) is 11.0 Å². The molecule has 0 aromatic carbocycles. The van der Waals surface area contributed by atoms with Gasteiger partial charge in [0.25, 0.3) is 0 Å². The molecule has 0 bridgehead atoms. The van der Waals surface area contributed by atoms with Gasteiger partial charge >= 0.3 is 0 Å². The molecule has 1 N–H and O–H groups in total. The monoisotopic (exact) mass is 252 g/mol. The summed E-state index contributed by atoms with van der Waals surface area (Å²) < 4.78 is 0. The molecule has 0 amide bonds. The van der Waals surface area contributed by atoms with Crippen LogP contribution in [0.25, 0.3) is 0 Å². The maximum Gasteiger partial charge on any atom is 0.0897 e. The molecule has 1 aromatic heterocycles. The zero-order chi connectivity index (χ0) is 12.5. The smallest absolute Gasteiger partial charge is 0.0897 e. The van der Waals surface area contributed by atoms with Crippen molar-refractivity contribution in [3.63, 3.8) is 0 Å². The number of rotatable bonds is 3. The molecule has 0 radical (unpaired) electrons. The number of hydrogen-bond donors (Lipinski definition) is 1. The Kier molecular flexibility index (Phi) is 3.88. The van der Waals surface area contributed by atoms with Crippen LogP contribution in [0.2, 0.25) is 0 Å². The highest BCUT2D eigenvalue weighted by Crippen LogP contribution is 2.38. The molecular weight excluding hydrogens is 228 g/mol. The number of aromatic nitrogens is 1. The molecule has 2 atom stereocenters. The highest BCUT2D eigenvalue weighted by atomic mass is 32.1. The molecule has 0 spiro atoms. The third-order valence-corrected chi connectivity index (χ3v) is 4.53. The van der Waals surface area contributed by atoms with Crippen molar-refractivity contribution in [2.45, 2.75) is 59.5 Å². The van der Waals surface area contributed by atoms with Gasteiger partial charge < -0.3 is 5.32 Å². The fourth-order valence-corrected chi connectivity index (χ4v) is 3.98. The highest BCUT2D eigenvalue weighted by Gasteiger charge is 2.31. The Labute approximate surface area is 109 Å². The first-order valence-corrected chi connectivity index (χ1v) is 7.41. The third kappa shape index (κ3) is 3.78. The first-order valence-electron chi connectivity index (χ1n) is 6.59. The fourth-order valence-electron chi connectivity index (χ4n) is 3.23. The van der Waals surface area contributed by atoms with E-state index >= 15 is 0 Å². The van der Waals surface area contributed by atoms with Crippen molar-refractivity contribution < 1.29 is 0 Å². The summed E-state index contributed by atoms with van der Waals surface area (Å²) in [5, 5.41) is 4.87. The Morgan fingerprint density at radius 1 is 1.47 bits per heavy atom. The highest BCUT2D eigenvalue weighted by molar-refractivity contribution is 7.11. The van der Waals surface area contributed by atoms with E-state index in [1.807, 2.05) is 6.20 Å². The van der Waals surface area contributed by atoms with Gasteiger partial charge in [-0.15, -0.1) is 11.3 Å². The lowest BCUT2D eigenvalue weighted by atomic mass is 9.70. The van der Waals surface area contributed by atoms with Crippen LogP contribution < -0.4 is 5.32 Å². The van der Waals surface area contributed by atoms with Gasteiger partial charge in [-0.25, -0.2) is 4.98 Å². The van der Waals surface area contributed by atoms with Crippen molar-refractivity contribution in [1.29, 1.82) is 0 Å². The van der Waals surface area contributed by atoms with Gasteiger partial charge in [-0.2, -0.15) is 0 Å². The third-order valence-electron chi connectivity index (χ3n) is 3.62. The van der Waals surface area contributed by atoms with Crippen LogP contribution in [0.15, 0.2) is 6.20 Å². The molecular formula is C14H24N2S. The summed E-state index contributed by atoms with van der Waals surface area (Å²) in [7, 11) is 0. The zero-order valence-electron chi connectivity index (χ0n) is 11.4. The Balaban J connectivity index is 1.86. The Hall–Kier alpha value is -0.410. The minimum Gasteiger partial charge on any atom is -0.309 e. The maximum atomic E-state index is 4.30. The lowest BCUT2D eigenvalue weighted by Crippen LogP contribution is -2.39. The van der Waals surface area contributed by atoms with E-state index in [1.165, 1.54) is 29.1 Å². The molecule has 1 aliphatic carbocycles. The molecule has 1 fully saturated rings. The van der Waals surface area contributed by atoms with Crippen molar-refractivity contribution in [2.75, 3.05) is 0 Å². The summed E-state index contributed by atoms with van der Waals surface area (Å²) in [5.41, 5.74) is 0.499. The molecule has 2 unspecified atom stereocenters. The molecule has 17 heavy (non-hydrogen) atoms. The number of nitrogens with zero attached hydrogens (tertiary/aromatic N) is 1. The normalized spacial score (nSPS) is 28.2. The topological polar surface area (TPSA) is 24.9 Å².